The first kappa shape index (κ1) is 16.7. The molecule has 0 spiro atoms. The van der Waals surface area contributed by atoms with Crippen LogP contribution in [-0.2, 0) is 0 Å². The van der Waals surface area contributed by atoms with Crippen molar-refractivity contribution in [2.45, 2.75) is 26.0 Å². The van der Waals surface area contributed by atoms with Gasteiger partial charge in [0.05, 0.1) is 0 Å². The maximum Gasteiger partial charge on any atom is 0.387 e. The van der Waals surface area contributed by atoms with Gasteiger partial charge < -0.3 is 20.6 Å². The maximum atomic E-state index is 12.2. The number of rotatable bonds is 6. The summed E-state index contributed by atoms with van der Waals surface area (Å²) in [5.74, 6) is -0.312. The Balaban J connectivity index is 2.73. The largest absolute Gasteiger partial charge is 0.435 e. The van der Waals surface area contributed by atoms with E-state index in [0.29, 0.717) is 5.56 Å². The van der Waals surface area contributed by atoms with Crippen LogP contribution in [0.25, 0.3) is 0 Å². The van der Waals surface area contributed by atoms with Gasteiger partial charge in [-0.3, -0.25) is 4.79 Å². The Kier molecular flexibility index (Phi) is 5.89. The summed E-state index contributed by atoms with van der Waals surface area (Å²) in [4.78, 5) is 13.6. The second-order valence-electron chi connectivity index (χ2n) is 4.46. The van der Waals surface area contributed by atoms with Crippen molar-refractivity contribution in [3.8, 4) is 5.75 Å². The summed E-state index contributed by atoms with van der Waals surface area (Å²) in [5.41, 5.74) is 5.72. The molecule has 1 aromatic carbocycles. The van der Waals surface area contributed by atoms with E-state index in [1.165, 1.54) is 29.2 Å². The molecule has 21 heavy (non-hydrogen) atoms. The molecule has 8 heteroatoms. The molecular weight excluding hydrogens is 284 g/mol. The van der Waals surface area contributed by atoms with Gasteiger partial charge in [0.25, 0.3) is 5.91 Å². The van der Waals surface area contributed by atoms with Crippen molar-refractivity contribution in [3.63, 3.8) is 0 Å². The van der Waals surface area contributed by atoms with Crippen LogP contribution >= 0.6 is 0 Å². The number of amides is 1. The number of oxime groups is 1. The summed E-state index contributed by atoms with van der Waals surface area (Å²) >= 11 is 0. The van der Waals surface area contributed by atoms with Gasteiger partial charge in [-0.25, -0.2) is 0 Å². The zero-order chi connectivity index (χ0) is 16.0. The summed E-state index contributed by atoms with van der Waals surface area (Å²) in [6.07, 6.45) is 0.214. The highest BCUT2D eigenvalue weighted by molar-refractivity contribution is 5.94. The van der Waals surface area contributed by atoms with Crippen molar-refractivity contribution in [1.29, 1.82) is 0 Å². The van der Waals surface area contributed by atoms with Gasteiger partial charge in [0.2, 0.25) is 0 Å². The topological polar surface area (TPSA) is 88.2 Å². The number of nitrogens with two attached hydrogens (primary N) is 1. The lowest BCUT2D eigenvalue weighted by molar-refractivity contribution is -0.0498. The molecule has 1 unspecified atom stereocenters. The number of nitrogens with zero attached hydrogens (tertiary/aromatic N) is 2. The van der Waals surface area contributed by atoms with E-state index >= 15 is 0 Å². The Morgan fingerprint density at radius 3 is 2.48 bits per heavy atom. The van der Waals surface area contributed by atoms with Crippen molar-refractivity contribution >= 4 is 11.7 Å². The van der Waals surface area contributed by atoms with E-state index in [9.17, 15) is 13.6 Å². The lowest BCUT2D eigenvalue weighted by atomic mass is 10.1. The molecule has 1 atom stereocenters. The first-order chi connectivity index (χ1) is 9.85. The molecule has 0 heterocycles. The molecule has 0 bridgehead atoms. The molecule has 116 valence electrons. The van der Waals surface area contributed by atoms with Gasteiger partial charge in [0.15, 0.2) is 0 Å². The van der Waals surface area contributed by atoms with Gasteiger partial charge in [-0.1, -0.05) is 5.16 Å². The summed E-state index contributed by atoms with van der Waals surface area (Å²) in [6, 6.07) is 5.09. The van der Waals surface area contributed by atoms with E-state index in [0.717, 1.165) is 0 Å². The fraction of sp³-hybridized carbons (Fsp3) is 0.385. The molecular formula is C13H17F2N3O3. The van der Waals surface area contributed by atoms with Crippen molar-refractivity contribution in [2.75, 3.05) is 7.05 Å². The standard InChI is InChI=1S/C13H17F2N3O3/c1-8(7-11(16)17-20)18(2)12(19)9-3-5-10(6-4-9)21-13(14)15/h3-6,8,13,20H,7H2,1-2H3,(H2,16,17). The second-order valence-corrected chi connectivity index (χ2v) is 4.46. The van der Waals surface area contributed by atoms with Crippen molar-refractivity contribution in [3.05, 3.63) is 29.8 Å². The molecule has 1 amide bonds. The minimum atomic E-state index is -2.91. The van der Waals surface area contributed by atoms with E-state index in [2.05, 4.69) is 9.89 Å². The van der Waals surface area contributed by atoms with E-state index in [1.54, 1.807) is 14.0 Å². The summed E-state index contributed by atoms with van der Waals surface area (Å²) in [7, 11) is 1.57. The monoisotopic (exact) mass is 301 g/mol. The minimum absolute atomic E-state index is 0.0165. The molecule has 0 saturated heterocycles. The van der Waals surface area contributed by atoms with Gasteiger partial charge in [-0.2, -0.15) is 8.78 Å². The fourth-order valence-corrected chi connectivity index (χ4v) is 1.66. The Bertz CT molecular complexity index is 506. The van der Waals surface area contributed by atoms with Gasteiger partial charge in [0.1, 0.15) is 11.6 Å². The maximum absolute atomic E-state index is 12.2. The number of benzene rings is 1. The second kappa shape index (κ2) is 7.41. The highest BCUT2D eigenvalue weighted by Gasteiger charge is 2.18. The fourth-order valence-electron chi connectivity index (χ4n) is 1.66. The van der Waals surface area contributed by atoms with Crippen LogP contribution in [0.4, 0.5) is 8.78 Å². The molecule has 1 rings (SSSR count). The van der Waals surface area contributed by atoms with E-state index < -0.39 is 6.61 Å². The minimum Gasteiger partial charge on any atom is -0.435 e. The van der Waals surface area contributed by atoms with Crippen LogP contribution in [0.1, 0.15) is 23.7 Å². The van der Waals surface area contributed by atoms with Crippen molar-refractivity contribution in [2.24, 2.45) is 10.9 Å². The van der Waals surface area contributed by atoms with E-state index in [-0.39, 0.29) is 30.0 Å². The molecule has 1 aromatic rings. The van der Waals surface area contributed by atoms with Gasteiger partial charge in [0, 0.05) is 25.1 Å². The third kappa shape index (κ3) is 4.90. The average Bonchev–Trinajstić information content (AvgIpc) is 2.45. The molecule has 0 fully saturated rings. The number of alkyl halides is 2. The molecule has 3 N–H and O–H groups in total. The van der Waals surface area contributed by atoms with Crippen LogP contribution in [0.15, 0.2) is 29.4 Å². The molecule has 0 saturated carbocycles. The third-order valence-electron chi connectivity index (χ3n) is 2.94. The highest BCUT2D eigenvalue weighted by atomic mass is 19.3. The normalized spacial score (nSPS) is 13.1. The highest BCUT2D eigenvalue weighted by Crippen LogP contribution is 2.16. The van der Waals surface area contributed by atoms with E-state index in [4.69, 9.17) is 10.9 Å². The van der Waals surface area contributed by atoms with Gasteiger partial charge >= 0.3 is 6.61 Å². The smallest absolute Gasteiger partial charge is 0.387 e. The number of amidine groups is 1. The molecule has 0 aliphatic carbocycles. The number of ether oxygens (including phenoxy) is 1. The molecule has 6 nitrogen and oxygen atoms in total. The third-order valence-corrected chi connectivity index (χ3v) is 2.94. The first-order valence-corrected chi connectivity index (χ1v) is 6.13. The van der Waals surface area contributed by atoms with Crippen molar-refractivity contribution in [1.82, 2.24) is 4.90 Å². The van der Waals surface area contributed by atoms with Crippen molar-refractivity contribution < 1.29 is 23.5 Å². The van der Waals surface area contributed by atoms with Gasteiger partial charge in [-0.05, 0) is 31.2 Å². The van der Waals surface area contributed by atoms with Gasteiger partial charge in [-0.15, -0.1) is 0 Å². The number of carbonyl (C=O) groups is 1. The van der Waals surface area contributed by atoms with Crippen LogP contribution in [0.2, 0.25) is 0 Å². The first-order valence-electron chi connectivity index (χ1n) is 6.13. The Morgan fingerprint density at radius 2 is 2.00 bits per heavy atom. The summed E-state index contributed by atoms with van der Waals surface area (Å²) in [6.45, 7) is -1.17. The predicted octanol–water partition coefficient (Wildman–Crippen LogP) is 1.88. The Morgan fingerprint density at radius 1 is 1.43 bits per heavy atom. The molecule has 0 radical (unpaired) electrons. The van der Waals surface area contributed by atoms with Crippen LogP contribution in [0, 0.1) is 0 Å². The number of carbonyl (C=O) groups excluding carboxylic acids is 1. The lowest BCUT2D eigenvalue weighted by Gasteiger charge is -2.24. The predicted molar refractivity (Wildman–Crippen MR) is 72.7 cm³/mol. The van der Waals surface area contributed by atoms with Crippen LogP contribution in [-0.4, -0.2) is 41.6 Å². The molecule has 0 aromatic heterocycles. The van der Waals surface area contributed by atoms with Crippen LogP contribution < -0.4 is 10.5 Å². The van der Waals surface area contributed by atoms with Crippen LogP contribution in [0.3, 0.4) is 0 Å². The zero-order valence-electron chi connectivity index (χ0n) is 11.7. The lowest BCUT2D eigenvalue weighted by Crippen LogP contribution is -2.37. The quantitative estimate of drug-likeness (QED) is 0.363. The number of hydrogen-bond acceptors (Lipinski definition) is 4. The summed E-state index contributed by atoms with van der Waals surface area (Å²) < 4.78 is 28.3. The average molecular weight is 301 g/mol. The number of halogens is 2. The zero-order valence-corrected chi connectivity index (χ0v) is 11.7. The molecule has 0 aliphatic heterocycles. The van der Waals surface area contributed by atoms with E-state index in [1.807, 2.05) is 0 Å². The molecule has 0 aliphatic rings. The summed E-state index contributed by atoms with van der Waals surface area (Å²) in [5, 5.41) is 11.4. The SMILES string of the molecule is CC(CC(N)=NO)N(C)C(=O)c1ccc(OC(F)F)cc1. The van der Waals surface area contributed by atoms with Crippen LogP contribution in [0.5, 0.6) is 5.75 Å². The Labute approximate surface area is 120 Å². The Hall–Kier alpha value is -2.38. The number of hydrogen-bond donors (Lipinski definition) is 2.